The molecule has 0 saturated heterocycles. The molecule has 0 unspecified atom stereocenters. The van der Waals surface area contributed by atoms with Gasteiger partial charge in [-0.3, -0.25) is 9.98 Å². The Morgan fingerprint density at radius 2 is 1.04 bits per heavy atom. The normalized spacial score (nSPS) is 13.1. The van der Waals surface area contributed by atoms with E-state index in [2.05, 4.69) is 60.2 Å². The molecule has 0 aromatic heterocycles. The zero-order valence-corrected chi connectivity index (χ0v) is 14.4. The number of hydrogen-bond acceptors (Lipinski definition) is 2. The van der Waals surface area contributed by atoms with Crippen molar-refractivity contribution in [2.45, 2.75) is 13.8 Å². The van der Waals surface area contributed by atoms with E-state index in [0.29, 0.717) is 13.1 Å². The van der Waals surface area contributed by atoms with Gasteiger partial charge in [-0.25, -0.2) is 0 Å². The zero-order valence-electron chi connectivity index (χ0n) is 14.4. The van der Waals surface area contributed by atoms with Crippen LogP contribution in [-0.2, 0) is 0 Å². The van der Waals surface area contributed by atoms with Gasteiger partial charge in [-0.15, -0.1) is 0 Å². The average molecular weight is 316 g/mol. The van der Waals surface area contributed by atoms with Gasteiger partial charge in [0.1, 0.15) is 0 Å². The smallest absolute Gasteiger partial charge is 0.0585 e. The maximum atomic E-state index is 4.42. The molecule has 2 rings (SSSR count). The number of allylic oxidation sites excluding steroid dienone is 2. The molecule has 0 heterocycles. The molecular formula is C22H24N2. The Labute approximate surface area is 145 Å². The third-order valence-electron chi connectivity index (χ3n) is 3.34. The Balaban J connectivity index is 1.76. The molecule has 0 aliphatic carbocycles. The fraction of sp³-hybridized carbons (Fsp3) is 0.182. The first kappa shape index (κ1) is 17.6. The number of rotatable bonds is 7. The SMILES string of the molecule is C/C(C=NCCN=C/C(C)=C\c1ccccc1)=C/c1ccccc1. The Bertz CT molecular complexity index is 658. The molecular weight excluding hydrogens is 292 g/mol. The van der Waals surface area contributed by atoms with Crippen LogP contribution in [0.25, 0.3) is 12.2 Å². The van der Waals surface area contributed by atoms with Crippen LogP contribution in [0.3, 0.4) is 0 Å². The summed E-state index contributed by atoms with van der Waals surface area (Å²) in [5.74, 6) is 0. The third-order valence-corrected chi connectivity index (χ3v) is 3.34. The van der Waals surface area contributed by atoms with E-state index in [1.54, 1.807) is 0 Å². The highest BCUT2D eigenvalue weighted by atomic mass is 14.8. The molecule has 0 aliphatic heterocycles. The second kappa shape index (κ2) is 10.1. The van der Waals surface area contributed by atoms with Crippen molar-refractivity contribution in [3.05, 3.63) is 82.9 Å². The summed E-state index contributed by atoms with van der Waals surface area (Å²) in [5.41, 5.74) is 4.68. The van der Waals surface area contributed by atoms with Crippen molar-refractivity contribution in [3.8, 4) is 0 Å². The van der Waals surface area contributed by atoms with Gasteiger partial charge in [-0.05, 0) is 36.1 Å². The van der Waals surface area contributed by atoms with E-state index in [9.17, 15) is 0 Å². The quantitative estimate of drug-likeness (QED) is 0.487. The molecule has 0 atom stereocenters. The van der Waals surface area contributed by atoms with Gasteiger partial charge in [-0.2, -0.15) is 0 Å². The summed E-state index contributed by atoms with van der Waals surface area (Å²) >= 11 is 0. The van der Waals surface area contributed by atoms with Crippen molar-refractivity contribution in [1.82, 2.24) is 0 Å². The molecule has 0 radical (unpaired) electrons. The van der Waals surface area contributed by atoms with E-state index in [1.165, 1.54) is 11.1 Å². The summed E-state index contributed by atoms with van der Waals surface area (Å²) in [5, 5.41) is 0. The van der Waals surface area contributed by atoms with Gasteiger partial charge in [0.2, 0.25) is 0 Å². The van der Waals surface area contributed by atoms with Crippen LogP contribution in [0.4, 0.5) is 0 Å². The van der Waals surface area contributed by atoms with Crippen LogP contribution >= 0.6 is 0 Å². The van der Waals surface area contributed by atoms with Gasteiger partial charge in [0.15, 0.2) is 0 Å². The van der Waals surface area contributed by atoms with Crippen LogP contribution in [0.1, 0.15) is 25.0 Å². The van der Waals surface area contributed by atoms with Crippen molar-refractivity contribution < 1.29 is 0 Å². The molecule has 0 saturated carbocycles. The fourth-order valence-electron chi connectivity index (χ4n) is 2.23. The van der Waals surface area contributed by atoms with Crippen LogP contribution in [0, 0.1) is 0 Å². The van der Waals surface area contributed by atoms with E-state index < -0.39 is 0 Å². The van der Waals surface area contributed by atoms with Gasteiger partial charge >= 0.3 is 0 Å². The molecule has 122 valence electrons. The van der Waals surface area contributed by atoms with Crippen LogP contribution in [0.5, 0.6) is 0 Å². The molecule has 24 heavy (non-hydrogen) atoms. The average Bonchev–Trinajstić information content (AvgIpc) is 2.60. The van der Waals surface area contributed by atoms with Gasteiger partial charge in [0.05, 0.1) is 13.1 Å². The van der Waals surface area contributed by atoms with Crippen LogP contribution in [-0.4, -0.2) is 25.5 Å². The molecule has 2 nitrogen and oxygen atoms in total. The minimum Gasteiger partial charge on any atom is -0.291 e. The highest BCUT2D eigenvalue weighted by molar-refractivity contribution is 5.85. The molecule has 0 aliphatic rings. The van der Waals surface area contributed by atoms with Crippen LogP contribution in [0.15, 0.2) is 81.8 Å². The summed E-state index contributed by atoms with van der Waals surface area (Å²) < 4.78 is 0. The predicted octanol–water partition coefficient (Wildman–Crippen LogP) is 5.34. The summed E-state index contributed by atoms with van der Waals surface area (Å²) in [6.45, 7) is 5.53. The lowest BCUT2D eigenvalue weighted by Gasteiger charge is -1.95. The number of hydrogen-bond donors (Lipinski definition) is 0. The zero-order chi connectivity index (χ0) is 17.0. The Hall–Kier alpha value is -2.74. The largest absolute Gasteiger partial charge is 0.291 e. The lowest BCUT2D eigenvalue weighted by molar-refractivity contribution is 0.984. The maximum Gasteiger partial charge on any atom is 0.0585 e. The van der Waals surface area contributed by atoms with Gasteiger partial charge in [0, 0.05) is 12.4 Å². The van der Waals surface area contributed by atoms with E-state index in [1.807, 2.05) is 48.8 Å². The van der Waals surface area contributed by atoms with Crippen molar-refractivity contribution in [3.63, 3.8) is 0 Å². The third kappa shape index (κ3) is 7.01. The Kier molecular flexibility index (Phi) is 7.42. The van der Waals surface area contributed by atoms with E-state index in [0.717, 1.165) is 11.1 Å². The summed E-state index contributed by atoms with van der Waals surface area (Å²) in [6.07, 6.45) is 8.07. The van der Waals surface area contributed by atoms with Crippen molar-refractivity contribution in [1.29, 1.82) is 0 Å². The Morgan fingerprint density at radius 1 is 0.667 bits per heavy atom. The lowest BCUT2D eigenvalue weighted by atomic mass is 10.1. The Morgan fingerprint density at radius 3 is 1.42 bits per heavy atom. The molecule has 0 fully saturated rings. The summed E-state index contributed by atoms with van der Waals surface area (Å²) in [6, 6.07) is 20.5. The first-order valence-corrected chi connectivity index (χ1v) is 8.20. The minimum absolute atomic E-state index is 0.703. The van der Waals surface area contributed by atoms with Gasteiger partial charge in [0.25, 0.3) is 0 Å². The van der Waals surface area contributed by atoms with E-state index in [4.69, 9.17) is 0 Å². The van der Waals surface area contributed by atoms with Crippen molar-refractivity contribution in [2.75, 3.05) is 13.1 Å². The van der Waals surface area contributed by atoms with E-state index in [-0.39, 0.29) is 0 Å². The molecule has 2 aromatic carbocycles. The van der Waals surface area contributed by atoms with Gasteiger partial charge < -0.3 is 0 Å². The number of benzene rings is 2. The van der Waals surface area contributed by atoms with Crippen LogP contribution in [0.2, 0.25) is 0 Å². The number of nitrogens with zero attached hydrogens (tertiary/aromatic N) is 2. The highest BCUT2D eigenvalue weighted by Crippen LogP contribution is 2.05. The summed E-state index contributed by atoms with van der Waals surface area (Å²) in [4.78, 5) is 8.84. The van der Waals surface area contributed by atoms with Gasteiger partial charge in [-0.1, -0.05) is 72.8 Å². The molecule has 0 bridgehead atoms. The topological polar surface area (TPSA) is 24.7 Å². The predicted molar refractivity (Wildman–Crippen MR) is 107 cm³/mol. The number of aliphatic imine (C=N–C) groups is 2. The fourth-order valence-corrected chi connectivity index (χ4v) is 2.23. The first-order valence-electron chi connectivity index (χ1n) is 8.20. The second-order valence-electron chi connectivity index (χ2n) is 5.67. The van der Waals surface area contributed by atoms with Crippen molar-refractivity contribution >= 4 is 24.6 Å². The molecule has 2 heteroatoms. The molecule has 0 amide bonds. The molecule has 0 spiro atoms. The lowest BCUT2D eigenvalue weighted by Crippen LogP contribution is -1.90. The van der Waals surface area contributed by atoms with Crippen molar-refractivity contribution in [2.24, 2.45) is 9.98 Å². The minimum atomic E-state index is 0.703. The van der Waals surface area contributed by atoms with Crippen LogP contribution < -0.4 is 0 Å². The second-order valence-corrected chi connectivity index (χ2v) is 5.67. The van der Waals surface area contributed by atoms with E-state index >= 15 is 0 Å². The first-order chi connectivity index (χ1) is 11.7. The monoisotopic (exact) mass is 316 g/mol. The molecule has 0 N–H and O–H groups in total. The summed E-state index contributed by atoms with van der Waals surface area (Å²) in [7, 11) is 0. The standard InChI is InChI=1S/C22H24N2/c1-19(15-21-9-5-3-6-10-21)17-23-13-14-24-18-20(2)16-22-11-7-4-8-12-22/h3-12,15-18H,13-14H2,1-2H3/b19-15-,20-16-,23-17?,24-18?. The highest BCUT2D eigenvalue weighted by Gasteiger charge is 1.88. The molecule has 2 aromatic rings. The maximum absolute atomic E-state index is 4.42.